The number of fused-ring (bicyclic) bond motifs is 2. The molecule has 1 aromatic heterocycles. The van der Waals surface area contributed by atoms with E-state index in [4.69, 9.17) is 4.42 Å². The van der Waals surface area contributed by atoms with Gasteiger partial charge in [-0.2, -0.15) is 0 Å². The topological polar surface area (TPSA) is 70.8 Å². The second-order valence-corrected chi connectivity index (χ2v) is 8.64. The molecule has 4 aromatic carbocycles. The predicted molar refractivity (Wildman–Crippen MR) is 134 cm³/mol. The number of nitrogens with zero attached hydrogens (tertiary/aromatic N) is 1. The molecule has 1 aliphatic heterocycles. The van der Waals surface area contributed by atoms with E-state index in [1.165, 1.54) is 11.2 Å². The summed E-state index contributed by atoms with van der Waals surface area (Å²) < 4.78 is 5.50. The van der Waals surface area contributed by atoms with Gasteiger partial charge in [0.15, 0.2) is 0 Å². The van der Waals surface area contributed by atoms with Gasteiger partial charge in [-0.1, -0.05) is 78.9 Å². The van der Waals surface area contributed by atoms with Crippen LogP contribution in [-0.4, -0.2) is 21.7 Å². The van der Waals surface area contributed by atoms with Gasteiger partial charge in [0.1, 0.15) is 11.5 Å². The number of aliphatic hydroxyl groups excluding tert-OH is 1. The Balaban J connectivity index is 1.58. The van der Waals surface area contributed by atoms with E-state index in [2.05, 4.69) is 0 Å². The van der Waals surface area contributed by atoms with Crippen LogP contribution in [0.5, 0.6) is 0 Å². The molecule has 2 heterocycles. The third kappa shape index (κ3) is 3.49. The molecule has 1 fully saturated rings. The molecule has 1 saturated heterocycles. The number of hydrogen-bond donors (Lipinski definition) is 1. The molecule has 6 rings (SSSR count). The van der Waals surface area contributed by atoms with E-state index in [-0.39, 0.29) is 17.9 Å². The summed E-state index contributed by atoms with van der Waals surface area (Å²) >= 11 is 0. The number of likely N-dealkylation sites (tertiary alicyclic amines) is 1. The van der Waals surface area contributed by atoms with Crippen LogP contribution < -0.4 is 0 Å². The summed E-state index contributed by atoms with van der Waals surface area (Å²) in [6.45, 7) is 0.111. The van der Waals surface area contributed by atoms with E-state index in [1.807, 2.05) is 78.9 Å². The third-order valence-corrected chi connectivity index (χ3v) is 6.59. The van der Waals surface area contributed by atoms with Crippen LogP contribution in [0.2, 0.25) is 0 Å². The lowest BCUT2D eigenvalue weighted by molar-refractivity contribution is -0.140. The minimum atomic E-state index is -0.766. The van der Waals surface area contributed by atoms with Crippen molar-refractivity contribution in [2.24, 2.45) is 0 Å². The van der Waals surface area contributed by atoms with Gasteiger partial charge >= 0.3 is 0 Å². The second kappa shape index (κ2) is 8.29. The SMILES string of the molecule is O=C1C(=O)N(Cc2ccco2)C(c2cccc3ccccc23)/C1=C(/O)c1ccc2ccccc2c1. The van der Waals surface area contributed by atoms with Crippen molar-refractivity contribution in [3.8, 4) is 0 Å². The van der Waals surface area contributed by atoms with Crippen LogP contribution in [0.1, 0.15) is 22.9 Å². The molecule has 0 radical (unpaired) electrons. The predicted octanol–water partition coefficient (Wildman–Crippen LogP) is 6.21. The van der Waals surface area contributed by atoms with Gasteiger partial charge in [0.25, 0.3) is 11.7 Å². The molecule has 5 aromatic rings. The van der Waals surface area contributed by atoms with E-state index in [9.17, 15) is 14.7 Å². The number of amides is 1. The lowest BCUT2D eigenvalue weighted by Gasteiger charge is -2.25. The van der Waals surface area contributed by atoms with Crippen LogP contribution in [0.4, 0.5) is 0 Å². The second-order valence-electron chi connectivity index (χ2n) is 8.64. The number of aliphatic hydroxyl groups is 1. The number of carbonyl (C=O) groups excluding carboxylic acids is 2. The van der Waals surface area contributed by atoms with E-state index in [0.29, 0.717) is 11.3 Å². The third-order valence-electron chi connectivity index (χ3n) is 6.59. The summed E-state index contributed by atoms with van der Waals surface area (Å²) in [7, 11) is 0. The highest BCUT2D eigenvalue weighted by atomic mass is 16.3. The molecule has 5 heteroatoms. The van der Waals surface area contributed by atoms with Gasteiger partial charge in [0, 0.05) is 5.56 Å². The maximum atomic E-state index is 13.4. The van der Waals surface area contributed by atoms with Gasteiger partial charge < -0.3 is 14.4 Å². The smallest absolute Gasteiger partial charge is 0.296 e. The molecule has 1 amide bonds. The van der Waals surface area contributed by atoms with Crippen molar-refractivity contribution < 1.29 is 19.1 Å². The highest BCUT2D eigenvalue weighted by molar-refractivity contribution is 6.46. The summed E-state index contributed by atoms with van der Waals surface area (Å²) in [5.74, 6) is -1.00. The Hall–Kier alpha value is -4.64. The fourth-order valence-electron chi connectivity index (χ4n) is 4.92. The molecule has 5 nitrogen and oxygen atoms in total. The first-order valence-corrected chi connectivity index (χ1v) is 11.4. The van der Waals surface area contributed by atoms with Crippen molar-refractivity contribution >= 4 is 39.0 Å². The van der Waals surface area contributed by atoms with Crippen molar-refractivity contribution in [2.75, 3.05) is 0 Å². The van der Waals surface area contributed by atoms with Gasteiger partial charge in [-0.15, -0.1) is 0 Å². The summed E-state index contributed by atoms with van der Waals surface area (Å²) in [5.41, 5.74) is 1.34. The molecule has 0 bridgehead atoms. The van der Waals surface area contributed by atoms with E-state index < -0.39 is 17.7 Å². The number of carbonyl (C=O) groups is 2. The van der Waals surface area contributed by atoms with Gasteiger partial charge in [0.05, 0.1) is 24.4 Å². The van der Waals surface area contributed by atoms with E-state index in [1.54, 1.807) is 18.2 Å². The fourth-order valence-corrected chi connectivity index (χ4v) is 4.92. The standard InChI is InChI=1S/C30H21NO4/c32-28(22-15-14-19-7-1-2-9-21(19)17-22)26-27(25-13-5-10-20-8-3-4-12-24(20)25)31(30(34)29(26)33)18-23-11-6-16-35-23/h1-17,27,32H,18H2/b28-26-. The Bertz CT molecular complexity index is 1630. The van der Waals surface area contributed by atoms with Gasteiger partial charge in [0.2, 0.25) is 0 Å². The molecule has 1 N–H and O–H groups in total. The average Bonchev–Trinajstić information content (AvgIpc) is 3.50. The summed E-state index contributed by atoms with van der Waals surface area (Å²) in [5, 5.41) is 15.3. The van der Waals surface area contributed by atoms with Gasteiger partial charge in [-0.05, 0) is 45.3 Å². The normalized spacial score (nSPS) is 17.5. The molecule has 0 aliphatic carbocycles. The first-order chi connectivity index (χ1) is 17.1. The fraction of sp³-hybridized carbons (Fsp3) is 0.0667. The van der Waals surface area contributed by atoms with Gasteiger partial charge in [-0.3, -0.25) is 9.59 Å². The van der Waals surface area contributed by atoms with Crippen molar-refractivity contribution in [2.45, 2.75) is 12.6 Å². The molecule has 0 spiro atoms. The molecular weight excluding hydrogens is 438 g/mol. The Morgan fingerprint density at radius 1 is 0.800 bits per heavy atom. The largest absolute Gasteiger partial charge is 0.507 e. The number of ketones is 1. The first-order valence-electron chi connectivity index (χ1n) is 11.4. The van der Waals surface area contributed by atoms with Crippen LogP contribution in [0, 0.1) is 0 Å². The van der Waals surface area contributed by atoms with Crippen molar-refractivity contribution in [1.82, 2.24) is 4.90 Å². The van der Waals surface area contributed by atoms with Crippen LogP contribution in [-0.2, 0) is 16.1 Å². The lowest BCUT2D eigenvalue weighted by Crippen LogP contribution is -2.29. The monoisotopic (exact) mass is 459 g/mol. The molecule has 1 aliphatic rings. The van der Waals surface area contributed by atoms with Crippen LogP contribution in [0.25, 0.3) is 27.3 Å². The molecule has 1 atom stereocenters. The van der Waals surface area contributed by atoms with Crippen LogP contribution >= 0.6 is 0 Å². The maximum Gasteiger partial charge on any atom is 0.296 e. The molecular formula is C30H21NO4. The summed E-state index contributed by atoms with van der Waals surface area (Å²) in [6, 6.07) is 29.7. The molecule has 0 saturated carbocycles. The first kappa shape index (κ1) is 20.9. The van der Waals surface area contributed by atoms with E-state index >= 15 is 0 Å². The zero-order valence-electron chi connectivity index (χ0n) is 18.7. The highest BCUT2D eigenvalue weighted by Crippen LogP contribution is 2.42. The quantitative estimate of drug-likeness (QED) is 0.197. The number of furan rings is 1. The summed E-state index contributed by atoms with van der Waals surface area (Å²) in [4.78, 5) is 28.2. The zero-order valence-corrected chi connectivity index (χ0v) is 18.7. The Morgan fingerprint density at radius 3 is 2.34 bits per heavy atom. The molecule has 170 valence electrons. The Kier molecular flexibility index (Phi) is 4.96. The molecule has 1 unspecified atom stereocenters. The average molecular weight is 460 g/mol. The Labute approximate surface area is 201 Å². The van der Waals surface area contributed by atoms with Gasteiger partial charge in [-0.25, -0.2) is 0 Å². The van der Waals surface area contributed by atoms with Crippen molar-refractivity contribution in [3.05, 3.63) is 126 Å². The lowest BCUT2D eigenvalue weighted by atomic mass is 9.91. The summed E-state index contributed by atoms with van der Waals surface area (Å²) in [6.07, 6.45) is 1.54. The number of benzene rings is 4. The minimum Gasteiger partial charge on any atom is -0.507 e. The van der Waals surface area contributed by atoms with Crippen molar-refractivity contribution in [1.29, 1.82) is 0 Å². The van der Waals surface area contributed by atoms with Crippen LogP contribution in [0.15, 0.2) is 113 Å². The number of hydrogen-bond acceptors (Lipinski definition) is 4. The zero-order chi connectivity index (χ0) is 23.9. The number of rotatable bonds is 4. The molecule has 35 heavy (non-hydrogen) atoms. The van der Waals surface area contributed by atoms with E-state index in [0.717, 1.165) is 27.1 Å². The number of Topliss-reactive ketones (excluding diaryl/α,β-unsaturated/α-hetero) is 1. The van der Waals surface area contributed by atoms with Crippen LogP contribution in [0.3, 0.4) is 0 Å². The van der Waals surface area contributed by atoms with Crippen molar-refractivity contribution in [3.63, 3.8) is 0 Å². The Morgan fingerprint density at radius 2 is 1.54 bits per heavy atom. The highest BCUT2D eigenvalue weighted by Gasteiger charge is 2.46. The minimum absolute atomic E-state index is 0.0770. The maximum absolute atomic E-state index is 13.4.